The van der Waals surface area contributed by atoms with Crippen LogP contribution in [0.15, 0.2) is 77.7 Å². The Bertz CT molecular complexity index is 1220. The fourth-order valence-electron chi connectivity index (χ4n) is 3.77. The van der Waals surface area contributed by atoms with Crippen LogP contribution in [0.25, 0.3) is 0 Å². The molecule has 1 atom stereocenters. The van der Waals surface area contributed by atoms with Crippen molar-refractivity contribution in [2.45, 2.75) is 30.7 Å². The number of benzene rings is 3. The Labute approximate surface area is 195 Å². The molecule has 4 rings (SSSR count). The smallest absolute Gasteiger partial charge is 0.264 e. The van der Waals surface area contributed by atoms with Crippen molar-refractivity contribution in [3.63, 3.8) is 0 Å². The molecule has 0 aliphatic heterocycles. The summed E-state index contributed by atoms with van der Waals surface area (Å²) in [4.78, 5) is 13.2. The van der Waals surface area contributed by atoms with Crippen LogP contribution in [0, 0.1) is 12.8 Å². The lowest BCUT2D eigenvalue weighted by atomic mass is 10.0. The number of hydrogen-bond donors (Lipinski definition) is 1. The molecule has 0 aromatic heterocycles. The molecule has 1 aliphatic rings. The summed E-state index contributed by atoms with van der Waals surface area (Å²) in [6.45, 7) is 1.91. The Morgan fingerprint density at radius 2 is 1.58 bits per heavy atom. The molecule has 1 N–H and O–H groups in total. The van der Waals surface area contributed by atoms with Gasteiger partial charge in [-0.1, -0.05) is 29.8 Å². The van der Waals surface area contributed by atoms with E-state index in [1.54, 1.807) is 55.6 Å². The van der Waals surface area contributed by atoms with E-state index in [1.807, 2.05) is 31.2 Å². The second kappa shape index (κ2) is 9.27. The highest BCUT2D eigenvalue weighted by atomic mass is 32.2. The van der Waals surface area contributed by atoms with Crippen molar-refractivity contribution >= 4 is 21.6 Å². The van der Waals surface area contributed by atoms with E-state index in [4.69, 9.17) is 4.74 Å². The molecule has 1 aliphatic carbocycles. The second-order valence-corrected chi connectivity index (χ2v) is 10.4. The van der Waals surface area contributed by atoms with Gasteiger partial charge in [0, 0.05) is 12.6 Å². The predicted molar refractivity (Wildman–Crippen MR) is 129 cm³/mol. The molecule has 1 fully saturated rings. The number of amides is 1. The van der Waals surface area contributed by atoms with Crippen LogP contribution in [-0.2, 0) is 10.0 Å². The number of rotatable bonds is 8. The number of carbonyl (C=O) groups is 1. The highest BCUT2D eigenvalue weighted by molar-refractivity contribution is 7.92. The number of nitrogens with zero attached hydrogens (tertiary/aromatic N) is 1. The fraction of sp³-hybridized carbons (Fsp3) is 0.269. The van der Waals surface area contributed by atoms with Crippen LogP contribution in [0.3, 0.4) is 0 Å². The Kier molecular flexibility index (Phi) is 6.42. The minimum absolute atomic E-state index is 0.0623. The van der Waals surface area contributed by atoms with E-state index in [9.17, 15) is 13.2 Å². The van der Waals surface area contributed by atoms with E-state index in [0.717, 1.165) is 29.7 Å². The van der Waals surface area contributed by atoms with E-state index in [2.05, 4.69) is 5.32 Å². The predicted octanol–water partition coefficient (Wildman–Crippen LogP) is 4.71. The van der Waals surface area contributed by atoms with Gasteiger partial charge in [-0.3, -0.25) is 9.10 Å². The van der Waals surface area contributed by atoms with Crippen LogP contribution in [0.1, 0.15) is 40.4 Å². The summed E-state index contributed by atoms with van der Waals surface area (Å²) in [5, 5.41) is 3.15. The minimum Gasteiger partial charge on any atom is -0.497 e. The lowest BCUT2D eigenvalue weighted by Gasteiger charge is -2.21. The van der Waals surface area contributed by atoms with Crippen molar-refractivity contribution < 1.29 is 17.9 Å². The average Bonchev–Trinajstić information content (AvgIpc) is 3.68. The lowest BCUT2D eigenvalue weighted by Crippen LogP contribution is -2.30. The number of aryl methyl sites for hydroxylation is 1. The van der Waals surface area contributed by atoms with E-state index < -0.39 is 10.0 Å². The molecule has 0 heterocycles. The normalized spacial score (nSPS) is 14.4. The van der Waals surface area contributed by atoms with Crippen LogP contribution in [0.2, 0.25) is 0 Å². The number of hydrogen-bond acceptors (Lipinski definition) is 4. The number of methoxy groups -OCH3 is 1. The molecule has 0 spiro atoms. The standard InChI is InChI=1S/C26H28N2O4S/c1-18-4-16-24(17-5-18)33(30,31)28(2)22-12-8-21(9-13-22)26(29)27-25(19-6-7-19)20-10-14-23(32-3)15-11-20/h4-5,8-17,19,25H,6-7H2,1-3H3,(H,27,29). The third kappa shape index (κ3) is 5.03. The highest BCUT2D eigenvalue weighted by Gasteiger charge is 2.33. The average molecular weight is 465 g/mol. The van der Waals surface area contributed by atoms with Crippen molar-refractivity contribution in [3.8, 4) is 5.75 Å². The SMILES string of the molecule is COc1ccc(C(NC(=O)c2ccc(N(C)S(=O)(=O)c3ccc(C)cc3)cc2)C2CC2)cc1. The molecule has 33 heavy (non-hydrogen) atoms. The number of carbonyl (C=O) groups excluding carboxylic acids is 1. The summed E-state index contributed by atoms with van der Waals surface area (Å²) in [6.07, 6.45) is 2.16. The molecular weight excluding hydrogens is 436 g/mol. The van der Waals surface area contributed by atoms with Crippen LogP contribution < -0.4 is 14.4 Å². The molecule has 0 bridgehead atoms. The number of anilines is 1. The molecule has 172 valence electrons. The van der Waals surface area contributed by atoms with Crippen LogP contribution in [-0.4, -0.2) is 28.5 Å². The van der Waals surface area contributed by atoms with Crippen molar-refractivity contribution in [2.24, 2.45) is 5.92 Å². The van der Waals surface area contributed by atoms with Crippen molar-refractivity contribution in [1.29, 1.82) is 0 Å². The first-order chi connectivity index (χ1) is 15.8. The molecular formula is C26H28N2O4S. The van der Waals surface area contributed by atoms with Crippen LogP contribution in [0.4, 0.5) is 5.69 Å². The van der Waals surface area contributed by atoms with Gasteiger partial charge in [-0.05, 0) is 79.8 Å². The lowest BCUT2D eigenvalue weighted by molar-refractivity contribution is 0.0931. The Balaban J connectivity index is 1.48. The van der Waals surface area contributed by atoms with Gasteiger partial charge in [0.05, 0.1) is 23.7 Å². The third-order valence-electron chi connectivity index (χ3n) is 6.03. The first kappa shape index (κ1) is 22.9. The van der Waals surface area contributed by atoms with Gasteiger partial charge in [0.1, 0.15) is 5.75 Å². The summed E-state index contributed by atoms with van der Waals surface area (Å²) >= 11 is 0. The first-order valence-corrected chi connectivity index (χ1v) is 12.3. The van der Waals surface area contributed by atoms with Gasteiger partial charge in [-0.2, -0.15) is 0 Å². The molecule has 0 saturated heterocycles. The Morgan fingerprint density at radius 1 is 0.970 bits per heavy atom. The Hall–Kier alpha value is -3.32. The minimum atomic E-state index is -3.68. The zero-order valence-electron chi connectivity index (χ0n) is 19.0. The zero-order valence-corrected chi connectivity index (χ0v) is 19.8. The summed E-state index contributed by atoms with van der Waals surface area (Å²) in [7, 11) is -0.545. The highest BCUT2D eigenvalue weighted by Crippen LogP contribution is 2.41. The van der Waals surface area contributed by atoms with Crippen LogP contribution >= 0.6 is 0 Å². The van der Waals surface area contributed by atoms with Crippen molar-refractivity contribution in [1.82, 2.24) is 5.32 Å². The van der Waals surface area contributed by atoms with Crippen molar-refractivity contribution in [3.05, 3.63) is 89.5 Å². The Morgan fingerprint density at radius 3 is 2.12 bits per heavy atom. The van der Waals surface area contributed by atoms with E-state index >= 15 is 0 Å². The second-order valence-electron chi connectivity index (χ2n) is 8.39. The molecule has 1 amide bonds. The number of sulfonamides is 1. The maximum atomic E-state index is 12.9. The van der Waals surface area contributed by atoms with Gasteiger partial charge in [0.2, 0.25) is 0 Å². The van der Waals surface area contributed by atoms with Gasteiger partial charge in [-0.25, -0.2) is 8.42 Å². The molecule has 6 nitrogen and oxygen atoms in total. The summed E-state index contributed by atoms with van der Waals surface area (Å²) in [5.74, 6) is 1.02. The number of nitrogens with one attached hydrogen (secondary N) is 1. The zero-order chi connectivity index (χ0) is 23.6. The summed E-state index contributed by atoms with van der Waals surface area (Å²) in [6, 6.07) is 21.1. The van der Waals surface area contributed by atoms with E-state index in [1.165, 1.54) is 11.4 Å². The maximum absolute atomic E-state index is 12.9. The van der Waals surface area contributed by atoms with Gasteiger partial charge in [-0.15, -0.1) is 0 Å². The molecule has 1 unspecified atom stereocenters. The van der Waals surface area contributed by atoms with Gasteiger partial charge in [0.15, 0.2) is 0 Å². The maximum Gasteiger partial charge on any atom is 0.264 e. The quantitative estimate of drug-likeness (QED) is 0.524. The fourth-order valence-corrected chi connectivity index (χ4v) is 4.96. The van der Waals surface area contributed by atoms with Crippen LogP contribution in [0.5, 0.6) is 5.75 Å². The van der Waals surface area contributed by atoms with Crippen molar-refractivity contribution in [2.75, 3.05) is 18.5 Å². The summed E-state index contributed by atoms with van der Waals surface area (Å²) < 4.78 is 32.3. The first-order valence-electron chi connectivity index (χ1n) is 10.9. The molecule has 1 saturated carbocycles. The van der Waals surface area contributed by atoms with Gasteiger partial charge in [0.25, 0.3) is 15.9 Å². The molecule has 3 aromatic carbocycles. The molecule has 7 heteroatoms. The van der Waals surface area contributed by atoms with Gasteiger partial charge < -0.3 is 10.1 Å². The third-order valence-corrected chi connectivity index (χ3v) is 7.83. The van der Waals surface area contributed by atoms with E-state index in [-0.39, 0.29) is 16.8 Å². The monoisotopic (exact) mass is 464 g/mol. The number of ether oxygens (including phenoxy) is 1. The summed E-state index contributed by atoms with van der Waals surface area (Å²) in [5.41, 5.74) is 3.01. The largest absolute Gasteiger partial charge is 0.497 e. The van der Waals surface area contributed by atoms with Gasteiger partial charge >= 0.3 is 0 Å². The van der Waals surface area contributed by atoms with E-state index in [0.29, 0.717) is 17.2 Å². The topological polar surface area (TPSA) is 75.7 Å². The molecule has 3 aromatic rings. The molecule has 0 radical (unpaired) electrons.